The molecule has 0 saturated heterocycles. The molecule has 0 amide bonds. The molecule has 2 N–H and O–H groups in total. The van der Waals surface area contributed by atoms with Crippen LogP contribution in [0.25, 0.3) is 0 Å². The third-order valence-electron chi connectivity index (χ3n) is 4.43. The lowest BCUT2D eigenvalue weighted by Crippen LogP contribution is -2.25. The molecule has 0 aromatic heterocycles. The highest BCUT2D eigenvalue weighted by molar-refractivity contribution is 6.20. The lowest BCUT2D eigenvalue weighted by atomic mass is 9.71. The normalized spacial score (nSPS) is 42.0. The molecular weight excluding hydrogens is 208 g/mol. The minimum atomic E-state index is 0. The molecule has 2 fully saturated rings. The van der Waals surface area contributed by atoms with Gasteiger partial charge >= 0.3 is 0 Å². The highest BCUT2D eigenvalue weighted by Crippen LogP contribution is 2.40. The molecular formula is C13H27ClO. The van der Waals surface area contributed by atoms with E-state index in [1.54, 1.807) is 0 Å². The number of rotatable bonds is 1. The Morgan fingerprint density at radius 2 is 1.20 bits per heavy atom. The number of halogens is 1. The Balaban J connectivity index is 0.00000112. The van der Waals surface area contributed by atoms with Crippen LogP contribution in [0.15, 0.2) is 0 Å². The maximum absolute atomic E-state index is 6.14. The predicted molar refractivity (Wildman–Crippen MR) is 68.4 cm³/mol. The maximum atomic E-state index is 6.14. The van der Waals surface area contributed by atoms with Crippen LogP contribution in [-0.4, -0.2) is 10.9 Å². The molecule has 2 aliphatic rings. The first-order valence-electron chi connectivity index (χ1n) is 6.39. The van der Waals surface area contributed by atoms with Crippen molar-refractivity contribution in [1.82, 2.24) is 0 Å². The minimum absolute atomic E-state index is 0. The van der Waals surface area contributed by atoms with Crippen molar-refractivity contribution >= 4 is 11.6 Å². The Hall–Kier alpha value is 0.250. The van der Waals surface area contributed by atoms with Crippen LogP contribution in [0.4, 0.5) is 0 Å². The molecule has 2 aliphatic carbocycles. The zero-order chi connectivity index (χ0) is 9.97. The second kappa shape index (κ2) is 6.10. The molecule has 0 heterocycles. The van der Waals surface area contributed by atoms with E-state index >= 15 is 0 Å². The molecule has 0 aliphatic heterocycles. The van der Waals surface area contributed by atoms with Crippen molar-refractivity contribution in [2.24, 2.45) is 17.8 Å². The maximum Gasteiger partial charge on any atom is 0.0336 e. The molecule has 2 heteroatoms. The molecule has 2 saturated carbocycles. The van der Waals surface area contributed by atoms with Crippen molar-refractivity contribution in [3.63, 3.8) is 0 Å². The fourth-order valence-corrected chi connectivity index (χ4v) is 3.56. The topological polar surface area (TPSA) is 31.5 Å². The predicted octanol–water partition coefficient (Wildman–Crippen LogP) is 4.03. The van der Waals surface area contributed by atoms with E-state index in [-0.39, 0.29) is 6.90 Å². The van der Waals surface area contributed by atoms with Gasteiger partial charge < -0.3 is 5.48 Å². The van der Waals surface area contributed by atoms with Gasteiger partial charge in [-0.1, -0.05) is 19.8 Å². The summed E-state index contributed by atoms with van der Waals surface area (Å²) >= 11 is 6.14. The van der Waals surface area contributed by atoms with Gasteiger partial charge in [-0.2, -0.15) is 0 Å². The van der Waals surface area contributed by atoms with Gasteiger partial charge in [0.15, 0.2) is 0 Å². The average Bonchev–Trinajstić information content (AvgIpc) is 2.21. The van der Waals surface area contributed by atoms with Crippen LogP contribution < -0.4 is 0 Å². The third-order valence-corrected chi connectivity index (χ3v) is 4.86. The molecule has 1 nitrogen and oxygen atoms in total. The SMILES string of the molecule is CC1CCC(C2CCC(Cl)CC2)CC1.O.[HH]. The van der Waals surface area contributed by atoms with Gasteiger partial charge in [0.2, 0.25) is 0 Å². The van der Waals surface area contributed by atoms with Gasteiger partial charge in [0.1, 0.15) is 0 Å². The first-order valence-corrected chi connectivity index (χ1v) is 6.83. The van der Waals surface area contributed by atoms with Gasteiger partial charge in [0.05, 0.1) is 0 Å². The van der Waals surface area contributed by atoms with Crippen molar-refractivity contribution in [3.8, 4) is 0 Å². The van der Waals surface area contributed by atoms with E-state index in [0.717, 1.165) is 17.8 Å². The van der Waals surface area contributed by atoms with Crippen LogP contribution >= 0.6 is 11.6 Å². The van der Waals surface area contributed by atoms with Crippen molar-refractivity contribution in [1.29, 1.82) is 0 Å². The Kier molecular flexibility index (Phi) is 5.42. The Labute approximate surface area is 100 Å². The monoisotopic (exact) mass is 234 g/mol. The molecule has 0 radical (unpaired) electrons. The fourth-order valence-electron chi connectivity index (χ4n) is 3.31. The zero-order valence-electron chi connectivity index (χ0n) is 9.84. The lowest BCUT2D eigenvalue weighted by Gasteiger charge is -2.36. The Morgan fingerprint density at radius 3 is 1.67 bits per heavy atom. The Morgan fingerprint density at radius 1 is 0.800 bits per heavy atom. The number of hydrogen-bond donors (Lipinski definition) is 0. The van der Waals surface area contributed by atoms with Crippen molar-refractivity contribution in [3.05, 3.63) is 0 Å². The summed E-state index contributed by atoms with van der Waals surface area (Å²) in [6.07, 6.45) is 11.3. The van der Waals surface area contributed by atoms with Gasteiger partial charge in [-0.05, 0) is 56.3 Å². The summed E-state index contributed by atoms with van der Waals surface area (Å²) in [5.74, 6) is 3.07. The number of hydrogen-bond acceptors (Lipinski definition) is 0. The smallest absolute Gasteiger partial charge is 0.0336 e. The highest BCUT2D eigenvalue weighted by atomic mass is 35.5. The van der Waals surface area contributed by atoms with E-state index in [2.05, 4.69) is 6.92 Å². The molecule has 0 unspecified atom stereocenters. The van der Waals surface area contributed by atoms with E-state index in [4.69, 9.17) is 11.6 Å². The van der Waals surface area contributed by atoms with Crippen LogP contribution in [0.1, 0.15) is 59.7 Å². The van der Waals surface area contributed by atoms with Gasteiger partial charge in [0, 0.05) is 6.80 Å². The van der Waals surface area contributed by atoms with Crippen molar-refractivity contribution in [2.45, 2.75) is 63.7 Å². The molecule has 0 bridgehead atoms. The third kappa shape index (κ3) is 3.64. The standard InChI is InChI=1S/C13H23Cl.H2O.H2/c1-10-2-4-11(5-3-10)12-6-8-13(14)9-7-12;;/h10-13H,2-9H2,1H3;1H2;1H. The van der Waals surface area contributed by atoms with E-state index in [1.165, 1.54) is 51.4 Å². The summed E-state index contributed by atoms with van der Waals surface area (Å²) in [6.45, 7) is 2.41. The summed E-state index contributed by atoms with van der Waals surface area (Å²) in [7, 11) is 0. The van der Waals surface area contributed by atoms with Gasteiger partial charge in [0.25, 0.3) is 0 Å². The van der Waals surface area contributed by atoms with Crippen LogP contribution in [0, 0.1) is 17.8 Å². The molecule has 0 aromatic rings. The van der Waals surface area contributed by atoms with E-state index in [9.17, 15) is 0 Å². The van der Waals surface area contributed by atoms with Crippen LogP contribution in [-0.2, 0) is 0 Å². The molecule has 92 valence electrons. The first kappa shape index (κ1) is 13.3. The Bertz CT molecular complexity index is 153. The lowest BCUT2D eigenvalue weighted by molar-refractivity contribution is 0.174. The van der Waals surface area contributed by atoms with E-state index in [1.807, 2.05) is 0 Å². The quantitative estimate of drug-likeness (QED) is 0.614. The molecule has 0 atom stereocenters. The molecule has 2 rings (SSSR count). The van der Waals surface area contributed by atoms with Crippen LogP contribution in [0.2, 0.25) is 0 Å². The summed E-state index contributed by atoms with van der Waals surface area (Å²) in [5, 5.41) is 0.494. The molecule has 0 aromatic carbocycles. The fraction of sp³-hybridized carbons (Fsp3) is 1.00. The van der Waals surface area contributed by atoms with Gasteiger partial charge in [-0.15, -0.1) is 11.6 Å². The van der Waals surface area contributed by atoms with Crippen molar-refractivity contribution < 1.29 is 6.90 Å². The van der Waals surface area contributed by atoms with Gasteiger partial charge in [-0.25, -0.2) is 0 Å². The summed E-state index contributed by atoms with van der Waals surface area (Å²) in [6, 6.07) is 0. The number of alkyl halides is 1. The van der Waals surface area contributed by atoms with E-state index in [0.29, 0.717) is 5.38 Å². The largest absolute Gasteiger partial charge is 0.412 e. The summed E-state index contributed by atoms with van der Waals surface area (Å²) in [5.41, 5.74) is 0. The second-order valence-corrected chi connectivity index (χ2v) is 6.15. The summed E-state index contributed by atoms with van der Waals surface area (Å²) in [4.78, 5) is 0. The van der Waals surface area contributed by atoms with Crippen molar-refractivity contribution in [2.75, 3.05) is 0 Å². The summed E-state index contributed by atoms with van der Waals surface area (Å²) < 4.78 is 0. The highest BCUT2D eigenvalue weighted by Gasteiger charge is 2.29. The average molecular weight is 235 g/mol. The van der Waals surface area contributed by atoms with E-state index < -0.39 is 0 Å². The second-order valence-electron chi connectivity index (χ2n) is 5.53. The van der Waals surface area contributed by atoms with Crippen LogP contribution in [0.5, 0.6) is 0 Å². The molecule has 15 heavy (non-hydrogen) atoms. The first-order chi connectivity index (χ1) is 6.75. The van der Waals surface area contributed by atoms with Gasteiger partial charge in [-0.3, -0.25) is 0 Å². The van der Waals surface area contributed by atoms with Crippen LogP contribution in [0.3, 0.4) is 0 Å². The molecule has 0 spiro atoms. The zero-order valence-corrected chi connectivity index (χ0v) is 10.6. The minimum Gasteiger partial charge on any atom is -0.412 e.